The molecule has 2 N–H and O–H groups in total. The van der Waals surface area contributed by atoms with Gasteiger partial charge in [-0.15, -0.1) is 0 Å². The summed E-state index contributed by atoms with van der Waals surface area (Å²) in [5.41, 5.74) is 7.56. The molecule has 1 aliphatic carbocycles. The summed E-state index contributed by atoms with van der Waals surface area (Å²) in [6.07, 6.45) is 7.97. The number of hydrogen-bond acceptors (Lipinski definition) is 2. The predicted octanol–water partition coefficient (Wildman–Crippen LogP) is 3.67. The monoisotopic (exact) mass is 247 g/mol. The second-order valence-corrected chi connectivity index (χ2v) is 5.47. The Bertz CT molecular complexity index is 332. The maximum Gasteiger partial charge on any atom is 0.0971 e. The summed E-state index contributed by atoms with van der Waals surface area (Å²) in [6, 6.07) is 10.5. The van der Waals surface area contributed by atoms with Crippen LogP contribution in [0.25, 0.3) is 0 Å². The smallest absolute Gasteiger partial charge is 0.0971 e. The van der Waals surface area contributed by atoms with Crippen molar-refractivity contribution in [3.63, 3.8) is 0 Å². The van der Waals surface area contributed by atoms with Gasteiger partial charge in [0.05, 0.1) is 6.10 Å². The van der Waals surface area contributed by atoms with Crippen LogP contribution >= 0.6 is 0 Å². The zero-order chi connectivity index (χ0) is 12.8. The predicted molar refractivity (Wildman–Crippen MR) is 75.4 cm³/mol. The van der Waals surface area contributed by atoms with E-state index in [9.17, 15) is 0 Å². The molecule has 2 heteroatoms. The first-order valence-electron chi connectivity index (χ1n) is 7.14. The second-order valence-electron chi connectivity index (χ2n) is 5.47. The molecule has 0 saturated heterocycles. The Morgan fingerprint density at radius 1 is 1.17 bits per heavy atom. The van der Waals surface area contributed by atoms with Crippen molar-refractivity contribution in [1.29, 1.82) is 0 Å². The van der Waals surface area contributed by atoms with Gasteiger partial charge in [-0.05, 0) is 17.9 Å². The first-order valence-corrected chi connectivity index (χ1v) is 7.14. The minimum Gasteiger partial charge on any atom is -0.375 e. The zero-order valence-electron chi connectivity index (χ0n) is 11.3. The molecule has 1 fully saturated rings. The standard InChI is InChI=1S/C16H25NO/c1-18-16(14-10-6-3-7-11-14)15(17)12-13-8-4-2-5-9-13/h3,6-7,10-11,13,15-16H,2,4-5,8-9,12,17H2,1H3. The van der Waals surface area contributed by atoms with E-state index in [1.54, 1.807) is 7.11 Å². The van der Waals surface area contributed by atoms with Gasteiger partial charge in [0, 0.05) is 13.2 Å². The molecule has 100 valence electrons. The fraction of sp³-hybridized carbons (Fsp3) is 0.625. The van der Waals surface area contributed by atoms with E-state index in [1.807, 2.05) is 6.07 Å². The van der Waals surface area contributed by atoms with Gasteiger partial charge in [-0.2, -0.15) is 0 Å². The fourth-order valence-electron chi connectivity index (χ4n) is 3.13. The summed E-state index contributed by atoms with van der Waals surface area (Å²) in [4.78, 5) is 0. The third-order valence-electron chi connectivity index (χ3n) is 4.10. The molecule has 2 rings (SSSR count). The Labute approximate surface area is 111 Å². The summed E-state index contributed by atoms with van der Waals surface area (Å²) < 4.78 is 5.61. The van der Waals surface area contributed by atoms with E-state index in [0.717, 1.165) is 12.3 Å². The Balaban J connectivity index is 1.94. The number of nitrogens with two attached hydrogens (primary N) is 1. The van der Waals surface area contributed by atoms with Gasteiger partial charge in [-0.3, -0.25) is 0 Å². The van der Waals surface area contributed by atoms with Gasteiger partial charge in [0.2, 0.25) is 0 Å². The van der Waals surface area contributed by atoms with E-state index < -0.39 is 0 Å². The largest absolute Gasteiger partial charge is 0.375 e. The molecule has 1 aromatic rings. The molecule has 0 radical (unpaired) electrons. The van der Waals surface area contributed by atoms with Gasteiger partial charge in [0.15, 0.2) is 0 Å². The van der Waals surface area contributed by atoms with Crippen molar-refractivity contribution in [3.8, 4) is 0 Å². The SMILES string of the molecule is COC(c1ccccc1)C(N)CC1CCCCC1. The molecular weight excluding hydrogens is 222 g/mol. The Kier molecular flexibility index (Phi) is 5.21. The van der Waals surface area contributed by atoms with Crippen molar-refractivity contribution in [2.24, 2.45) is 11.7 Å². The van der Waals surface area contributed by atoms with E-state index in [4.69, 9.17) is 10.5 Å². The summed E-state index contributed by atoms with van der Waals surface area (Å²) in [5, 5.41) is 0. The molecule has 2 nitrogen and oxygen atoms in total. The van der Waals surface area contributed by atoms with Crippen LogP contribution in [0, 0.1) is 5.92 Å². The van der Waals surface area contributed by atoms with Crippen LogP contribution in [0.4, 0.5) is 0 Å². The zero-order valence-corrected chi connectivity index (χ0v) is 11.3. The molecule has 1 aliphatic rings. The van der Waals surface area contributed by atoms with Crippen LogP contribution in [0.5, 0.6) is 0 Å². The van der Waals surface area contributed by atoms with Crippen LogP contribution < -0.4 is 5.73 Å². The molecule has 2 unspecified atom stereocenters. The fourth-order valence-corrected chi connectivity index (χ4v) is 3.13. The molecule has 2 atom stereocenters. The molecule has 0 bridgehead atoms. The molecule has 0 spiro atoms. The van der Waals surface area contributed by atoms with E-state index in [-0.39, 0.29) is 12.1 Å². The molecule has 0 heterocycles. The molecule has 0 aliphatic heterocycles. The van der Waals surface area contributed by atoms with E-state index in [0.29, 0.717) is 0 Å². The minimum atomic E-state index is 0.0353. The first kappa shape index (κ1) is 13.6. The highest BCUT2D eigenvalue weighted by atomic mass is 16.5. The average Bonchev–Trinajstić information content (AvgIpc) is 2.42. The Morgan fingerprint density at radius 2 is 1.83 bits per heavy atom. The Morgan fingerprint density at radius 3 is 2.44 bits per heavy atom. The number of benzene rings is 1. The van der Waals surface area contributed by atoms with Gasteiger partial charge in [0.1, 0.15) is 0 Å². The summed E-state index contributed by atoms with van der Waals surface area (Å²) in [7, 11) is 1.76. The Hall–Kier alpha value is -0.860. The van der Waals surface area contributed by atoms with E-state index >= 15 is 0 Å². The summed E-state index contributed by atoms with van der Waals surface area (Å²) >= 11 is 0. The minimum absolute atomic E-state index is 0.0353. The molecule has 1 aromatic carbocycles. The van der Waals surface area contributed by atoms with Crippen LogP contribution in [0.1, 0.15) is 50.2 Å². The van der Waals surface area contributed by atoms with Crippen molar-refractivity contribution < 1.29 is 4.74 Å². The van der Waals surface area contributed by atoms with Gasteiger partial charge in [0.25, 0.3) is 0 Å². The van der Waals surface area contributed by atoms with Gasteiger partial charge in [-0.25, -0.2) is 0 Å². The maximum atomic E-state index is 6.37. The molecule has 0 amide bonds. The van der Waals surface area contributed by atoms with Crippen LogP contribution in [0.15, 0.2) is 30.3 Å². The molecule has 18 heavy (non-hydrogen) atoms. The molecule has 1 saturated carbocycles. The third kappa shape index (κ3) is 3.56. The lowest BCUT2D eigenvalue weighted by atomic mass is 9.83. The lowest BCUT2D eigenvalue weighted by Gasteiger charge is -2.29. The number of rotatable bonds is 5. The van der Waals surface area contributed by atoms with Crippen LogP contribution in [-0.2, 0) is 4.74 Å². The van der Waals surface area contributed by atoms with Crippen molar-refractivity contribution in [1.82, 2.24) is 0 Å². The summed E-state index contributed by atoms with van der Waals surface area (Å²) in [5.74, 6) is 0.801. The van der Waals surface area contributed by atoms with Crippen LogP contribution in [-0.4, -0.2) is 13.2 Å². The van der Waals surface area contributed by atoms with Crippen molar-refractivity contribution in [3.05, 3.63) is 35.9 Å². The third-order valence-corrected chi connectivity index (χ3v) is 4.10. The van der Waals surface area contributed by atoms with Gasteiger partial charge < -0.3 is 10.5 Å². The van der Waals surface area contributed by atoms with Gasteiger partial charge >= 0.3 is 0 Å². The van der Waals surface area contributed by atoms with Gasteiger partial charge in [-0.1, -0.05) is 62.4 Å². The molecule has 0 aromatic heterocycles. The topological polar surface area (TPSA) is 35.2 Å². The van der Waals surface area contributed by atoms with Crippen molar-refractivity contribution in [2.45, 2.75) is 50.7 Å². The summed E-state index contributed by atoms with van der Waals surface area (Å²) in [6.45, 7) is 0. The highest BCUT2D eigenvalue weighted by Gasteiger charge is 2.23. The lowest BCUT2D eigenvalue weighted by molar-refractivity contribution is 0.0697. The number of ether oxygens (including phenoxy) is 1. The quantitative estimate of drug-likeness (QED) is 0.861. The van der Waals surface area contributed by atoms with E-state index in [2.05, 4.69) is 24.3 Å². The second kappa shape index (κ2) is 6.91. The number of hydrogen-bond donors (Lipinski definition) is 1. The lowest BCUT2D eigenvalue weighted by Crippen LogP contribution is -2.32. The van der Waals surface area contributed by atoms with Crippen LogP contribution in [0.3, 0.4) is 0 Å². The van der Waals surface area contributed by atoms with Crippen molar-refractivity contribution in [2.75, 3.05) is 7.11 Å². The van der Waals surface area contributed by atoms with Crippen molar-refractivity contribution >= 4 is 0 Å². The highest BCUT2D eigenvalue weighted by Crippen LogP contribution is 2.30. The molecular formula is C16H25NO. The van der Waals surface area contributed by atoms with Crippen LogP contribution in [0.2, 0.25) is 0 Å². The highest BCUT2D eigenvalue weighted by molar-refractivity contribution is 5.19. The maximum absolute atomic E-state index is 6.37. The average molecular weight is 247 g/mol. The number of methoxy groups -OCH3 is 1. The normalized spacial score (nSPS) is 20.6. The first-order chi connectivity index (χ1) is 8.81. The van der Waals surface area contributed by atoms with E-state index in [1.165, 1.54) is 37.7 Å².